The molecule has 4 nitrogen and oxygen atoms in total. The molecule has 0 saturated carbocycles. The van der Waals surface area contributed by atoms with Crippen molar-refractivity contribution in [3.8, 4) is 0 Å². The van der Waals surface area contributed by atoms with E-state index in [-0.39, 0.29) is 11.8 Å². The number of hydrogen-bond donors (Lipinski definition) is 0. The molecule has 0 saturated heterocycles. The van der Waals surface area contributed by atoms with Gasteiger partial charge in [-0.25, -0.2) is 0 Å². The summed E-state index contributed by atoms with van der Waals surface area (Å²) in [5.74, 6) is 0.129. The second kappa shape index (κ2) is 8.98. The van der Waals surface area contributed by atoms with Gasteiger partial charge in [0.05, 0.1) is 12.6 Å². The topological polar surface area (TPSA) is 35.1 Å². The lowest BCUT2D eigenvalue weighted by Gasteiger charge is -2.17. The summed E-state index contributed by atoms with van der Waals surface area (Å²) in [6, 6.07) is 16.8. The van der Waals surface area contributed by atoms with Crippen LogP contribution in [0.1, 0.15) is 45.8 Å². The number of Topliss-reactive ketones (excluding diaryl/α,β-unsaturated/α-hetero) is 1. The Labute approximate surface area is 167 Å². The maximum Gasteiger partial charge on any atom is 0.229 e. The zero-order valence-corrected chi connectivity index (χ0v) is 17.2. The van der Waals surface area contributed by atoms with Gasteiger partial charge in [0.25, 0.3) is 0 Å². The van der Waals surface area contributed by atoms with E-state index in [0.717, 1.165) is 23.4 Å². The van der Waals surface area contributed by atoms with Gasteiger partial charge in [-0.2, -0.15) is 4.57 Å². The maximum absolute atomic E-state index is 12.9. The molecule has 2 heterocycles. The number of methoxy groups -OCH3 is 1. The molecule has 28 heavy (non-hydrogen) atoms. The van der Waals surface area contributed by atoms with E-state index in [4.69, 9.17) is 4.74 Å². The second-order valence-electron chi connectivity index (χ2n) is 7.42. The van der Waals surface area contributed by atoms with E-state index in [0.29, 0.717) is 13.2 Å². The average Bonchev–Trinajstić information content (AvgIpc) is 2.99. The van der Waals surface area contributed by atoms with Crippen LogP contribution in [-0.4, -0.2) is 24.1 Å². The summed E-state index contributed by atoms with van der Waals surface area (Å²) >= 11 is 0. The summed E-state index contributed by atoms with van der Waals surface area (Å²) in [7, 11) is 1.70. The largest absolute Gasteiger partial charge is 0.383 e. The summed E-state index contributed by atoms with van der Waals surface area (Å²) in [6.45, 7) is 7.13. The maximum atomic E-state index is 12.9. The SMILES string of the molecule is COC[C@H](C)n1c(C)cc(C(=O)C[n+]2ccc(Cc3ccccc3)cc2)c1C. The zero-order chi connectivity index (χ0) is 20.1. The Morgan fingerprint density at radius 3 is 2.36 bits per heavy atom. The Bertz CT molecular complexity index is 927. The van der Waals surface area contributed by atoms with Crippen molar-refractivity contribution < 1.29 is 14.1 Å². The third-order valence-corrected chi connectivity index (χ3v) is 5.17. The van der Waals surface area contributed by atoms with Crippen LogP contribution in [0.3, 0.4) is 0 Å². The molecule has 0 unspecified atom stereocenters. The summed E-state index contributed by atoms with van der Waals surface area (Å²) in [4.78, 5) is 12.9. The highest BCUT2D eigenvalue weighted by Crippen LogP contribution is 2.21. The van der Waals surface area contributed by atoms with Crippen LogP contribution in [0.5, 0.6) is 0 Å². The Morgan fingerprint density at radius 2 is 1.71 bits per heavy atom. The highest BCUT2D eigenvalue weighted by atomic mass is 16.5. The van der Waals surface area contributed by atoms with Crippen molar-refractivity contribution in [2.45, 2.75) is 39.8 Å². The first kappa shape index (κ1) is 20.0. The Kier molecular flexibility index (Phi) is 6.42. The quantitative estimate of drug-likeness (QED) is 0.438. The van der Waals surface area contributed by atoms with Crippen molar-refractivity contribution in [2.24, 2.45) is 0 Å². The molecule has 3 aromatic rings. The number of nitrogens with zero attached hydrogens (tertiary/aromatic N) is 2. The molecule has 0 fully saturated rings. The first-order valence-electron chi connectivity index (χ1n) is 9.72. The van der Waals surface area contributed by atoms with E-state index in [1.54, 1.807) is 7.11 Å². The van der Waals surface area contributed by atoms with Crippen LogP contribution in [0.25, 0.3) is 0 Å². The number of carbonyl (C=O) groups excluding carboxylic acids is 1. The smallest absolute Gasteiger partial charge is 0.229 e. The number of carbonyl (C=O) groups is 1. The molecule has 4 heteroatoms. The van der Waals surface area contributed by atoms with Crippen LogP contribution in [0, 0.1) is 13.8 Å². The van der Waals surface area contributed by atoms with E-state index in [1.807, 2.05) is 42.9 Å². The standard InChI is InChI=1S/C24H29N2O2/c1-18-14-23(20(3)26(18)19(2)17-28-4)24(27)16-25-12-10-22(11-13-25)15-21-8-6-5-7-9-21/h5-14,19H,15-17H2,1-4H3/q+1/t19-/m0/s1. The van der Waals surface area contributed by atoms with Gasteiger partial charge in [0, 0.05) is 36.2 Å². The van der Waals surface area contributed by atoms with Crippen molar-refractivity contribution in [2.75, 3.05) is 13.7 Å². The highest BCUT2D eigenvalue weighted by Gasteiger charge is 2.21. The van der Waals surface area contributed by atoms with Gasteiger partial charge in [-0.15, -0.1) is 0 Å². The molecule has 0 N–H and O–H groups in total. The zero-order valence-electron chi connectivity index (χ0n) is 17.2. The van der Waals surface area contributed by atoms with Crippen LogP contribution in [-0.2, 0) is 17.7 Å². The Hall–Kier alpha value is -2.72. The number of benzene rings is 1. The normalized spacial score (nSPS) is 12.1. The van der Waals surface area contributed by atoms with E-state index >= 15 is 0 Å². The minimum atomic E-state index is 0.129. The van der Waals surface area contributed by atoms with Gasteiger partial charge in [0.1, 0.15) is 0 Å². The molecular formula is C24H29N2O2+. The Balaban J connectivity index is 1.70. The van der Waals surface area contributed by atoms with Crippen molar-refractivity contribution in [1.82, 2.24) is 4.57 Å². The summed E-state index contributed by atoms with van der Waals surface area (Å²) in [6.07, 6.45) is 4.87. The molecule has 2 aromatic heterocycles. The van der Waals surface area contributed by atoms with Gasteiger partial charge >= 0.3 is 0 Å². The monoisotopic (exact) mass is 377 g/mol. The van der Waals surface area contributed by atoms with Gasteiger partial charge in [-0.05, 0) is 44.4 Å². The lowest BCUT2D eigenvalue weighted by molar-refractivity contribution is -0.683. The van der Waals surface area contributed by atoms with Gasteiger partial charge < -0.3 is 9.30 Å². The van der Waals surface area contributed by atoms with E-state index in [1.165, 1.54) is 11.1 Å². The fourth-order valence-corrected chi connectivity index (χ4v) is 3.85. The molecule has 0 spiro atoms. The fourth-order valence-electron chi connectivity index (χ4n) is 3.85. The molecule has 0 aliphatic heterocycles. The third kappa shape index (κ3) is 4.57. The van der Waals surface area contributed by atoms with Gasteiger partial charge in [0.2, 0.25) is 12.3 Å². The van der Waals surface area contributed by atoms with Gasteiger partial charge in [0.15, 0.2) is 12.4 Å². The lowest BCUT2D eigenvalue weighted by atomic mass is 10.1. The molecule has 0 aliphatic rings. The van der Waals surface area contributed by atoms with E-state index in [2.05, 4.69) is 47.9 Å². The van der Waals surface area contributed by atoms with E-state index in [9.17, 15) is 4.79 Å². The fraction of sp³-hybridized carbons (Fsp3) is 0.333. The van der Waals surface area contributed by atoms with Crippen molar-refractivity contribution in [3.63, 3.8) is 0 Å². The average molecular weight is 378 g/mol. The molecule has 0 bridgehead atoms. The number of aromatic nitrogens is 2. The van der Waals surface area contributed by atoms with Crippen LogP contribution in [0.4, 0.5) is 0 Å². The van der Waals surface area contributed by atoms with Crippen LogP contribution in [0.15, 0.2) is 60.9 Å². The van der Waals surface area contributed by atoms with Crippen molar-refractivity contribution in [3.05, 3.63) is 89.0 Å². The summed E-state index contributed by atoms with van der Waals surface area (Å²) in [5, 5.41) is 0. The number of rotatable bonds is 8. The molecule has 0 aliphatic carbocycles. The Morgan fingerprint density at radius 1 is 1.07 bits per heavy atom. The number of pyridine rings is 1. The van der Waals surface area contributed by atoms with Crippen molar-refractivity contribution >= 4 is 5.78 Å². The predicted octanol–water partition coefficient (Wildman–Crippen LogP) is 4.07. The van der Waals surface area contributed by atoms with Crippen LogP contribution >= 0.6 is 0 Å². The molecule has 0 amide bonds. The minimum Gasteiger partial charge on any atom is -0.383 e. The molecular weight excluding hydrogens is 348 g/mol. The summed E-state index contributed by atoms with van der Waals surface area (Å²) in [5.41, 5.74) is 5.42. The third-order valence-electron chi connectivity index (χ3n) is 5.17. The first-order chi connectivity index (χ1) is 13.5. The molecule has 0 radical (unpaired) electrons. The molecule has 146 valence electrons. The molecule has 1 atom stereocenters. The molecule has 3 rings (SSSR count). The number of aryl methyl sites for hydroxylation is 1. The lowest BCUT2D eigenvalue weighted by Crippen LogP contribution is -2.37. The van der Waals surface area contributed by atoms with Crippen LogP contribution in [0.2, 0.25) is 0 Å². The van der Waals surface area contributed by atoms with Crippen LogP contribution < -0.4 is 4.57 Å². The van der Waals surface area contributed by atoms with Crippen molar-refractivity contribution in [1.29, 1.82) is 0 Å². The number of ketones is 1. The van der Waals surface area contributed by atoms with E-state index < -0.39 is 0 Å². The highest BCUT2D eigenvalue weighted by molar-refractivity contribution is 5.96. The van der Waals surface area contributed by atoms with Gasteiger partial charge in [-0.1, -0.05) is 30.3 Å². The second-order valence-corrected chi connectivity index (χ2v) is 7.42. The number of ether oxygens (including phenoxy) is 1. The minimum absolute atomic E-state index is 0.129. The molecule has 1 aromatic carbocycles. The first-order valence-corrected chi connectivity index (χ1v) is 9.72. The summed E-state index contributed by atoms with van der Waals surface area (Å²) < 4.78 is 9.41. The predicted molar refractivity (Wildman–Crippen MR) is 111 cm³/mol. The number of hydrogen-bond acceptors (Lipinski definition) is 2. The van der Waals surface area contributed by atoms with Gasteiger partial charge in [-0.3, -0.25) is 4.79 Å².